The zero-order valence-electron chi connectivity index (χ0n) is 15.3. The van der Waals surface area contributed by atoms with Gasteiger partial charge in [-0.15, -0.1) is 0 Å². The van der Waals surface area contributed by atoms with E-state index in [9.17, 15) is 30.0 Å². The number of amides is 2. The normalized spacial score (nSPS) is 10.4. The summed E-state index contributed by atoms with van der Waals surface area (Å²) in [6, 6.07) is 8.68. The molecule has 8 heteroatoms. The maximum atomic E-state index is 11.9. The van der Waals surface area contributed by atoms with E-state index < -0.39 is 0 Å². The first-order chi connectivity index (χ1) is 13.4. The first-order valence-electron chi connectivity index (χ1n) is 9.00. The minimum Gasteiger partial charge on any atom is -0.504 e. The number of carbonyl (C=O) groups excluding carboxylic acids is 2. The molecule has 2 aromatic rings. The van der Waals surface area contributed by atoms with Gasteiger partial charge in [0.2, 0.25) is 11.8 Å². The number of rotatable bonds is 9. The van der Waals surface area contributed by atoms with Crippen molar-refractivity contribution in [3.05, 3.63) is 36.4 Å². The van der Waals surface area contributed by atoms with E-state index in [2.05, 4.69) is 10.6 Å². The Balaban J connectivity index is 1.61. The molecule has 150 valence electrons. The van der Waals surface area contributed by atoms with Gasteiger partial charge in [-0.3, -0.25) is 9.59 Å². The average molecular weight is 388 g/mol. The van der Waals surface area contributed by atoms with E-state index >= 15 is 0 Å². The molecule has 6 N–H and O–H groups in total. The van der Waals surface area contributed by atoms with Crippen molar-refractivity contribution in [1.29, 1.82) is 0 Å². The van der Waals surface area contributed by atoms with Crippen LogP contribution in [0.1, 0.15) is 38.5 Å². The maximum absolute atomic E-state index is 11.9. The van der Waals surface area contributed by atoms with Crippen LogP contribution < -0.4 is 10.6 Å². The van der Waals surface area contributed by atoms with E-state index in [0.717, 1.165) is 12.8 Å². The lowest BCUT2D eigenvalue weighted by Crippen LogP contribution is -2.12. The van der Waals surface area contributed by atoms with Crippen LogP contribution in [-0.4, -0.2) is 32.2 Å². The van der Waals surface area contributed by atoms with Crippen LogP contribution in [0.4, 0.5) is 11.4 Å². The molecule has 2 aromatic carbocycles. The molecule has 2 rings (SSSR count). The smallest absolute Gasteiger partial charge is 0.224 e. The number of unbranched alkanes of at least 4 members (excludes halogenated alkanes) is 3. The Labute approximate surface area is 162 Å². The van der Waals surface area contributed by atoms with Crippen LogP contribution in [0.3, 0.4) is 0 Å². The third-order valence-corrected chi connectivity index (χ3v) is 4.14. The Morgan fingerprint density at radius 3 is 1.43 bits per heavy atom. The third kappa shape index (κ3) is 6.08. The van der Waals surface area contributed by atoms with Gasteiger partial charge in [-0.25, -0.2) is 0 Å². The molecule has 0 unspecified atom stereocenters. The third-order valence-electron chi connectivity index (χ3n) is 4.14. The number of anilines is 2. The lowest BCUT2D eigenvalue weighted by molar-refractivity contribution is -0.117. The van der Waals surface area contributed by atoms with E-state index in [1.165, 1.54) is 36.4 Å². The number of phenolic OH excluding ortho intramolecular Hbond substituents is 4. The van der Waals surface area contributed by atoms with Gasteiger partial charge < -0.3 is 31.1 Å². The molecule has 0 saturated carbocycles. The van der Waals surface area contributed by atoms with E-state index in [-0.39, 0.29) is 59.0 Å². The first-order valence-corrected chi connectivity index (χ1v) is 9.00. The molecule has 0 aliphatic carbocycles. The number of hydrogen-bond acceptors (Lipinski definition) is 6. The highest BCUT2D eigenvalue weighted by molar-refractivity contribution is 5.93. The maximum Gasteiger partial charge on any atom is 0.224 e. The number of phenols is 4. The van der Waals surface area contributed by atoms with Crippen LogP contribution in [0.25, 0.3) is 0 Å². The Morgan fingerprint density at radius 2 is 1.04 bits per heavy atom. The van der Waals surface area contributed by atoms with Gasteiger partial charge in [0.25, 0.3) is 0 Å². The molecular weight excluding hydrogens is 364 g/mol. The lowest BCUT2D eigenvalue weighted by Gasteiger charge is -2.09. The summed E-state index contributed by atoms with van der Waals surface area (Å²) in [7, 11) is 0. The largest absolute Gasteiger partial charge is 0.504 e. The fourth-order valence-corrected chi connectivity index (χ4v) is 2.61. The molecule has 28 heavy (non-hydrogen) atoms. The number of aromatic hydroxyl groups is 4. The van der Waals surface area contributed by atoms with Crippen molar-refractivity contribution < 1.29 is 30.0 Å². The Kier molecular flexibility index (Phi) is 7.50. The standard InChI is InChI=1S/C20H24N2O6/c23-15-9-5-7-13(19(15)27)21-17(25)11-3-1-2-4-12-18(26)22-14-8-6-10-16(24)20(14)28/h5-10,23-24,27-28H,1-4,11-12H2,(H,21,25)(H,22,26). The topological polar surface area (TPSA) is 139 Å². The molecule has 0 heterocycles. The Bertz CT molecular complexity index is 768. The summed E-state index contributed by atoms with van der Waals surface area (Å²) in [4.78, 5) is 23.7. The van der Waals surface area contributed by atoms with Crippen molar-refractivity contribution in [2.24, 2.45) is 0 Å². The van der Waals surface area contributed by atoms with Crippen LogP contribution in [0.15, 0.2) is 36.4 Å². The van der Waals surface area contributed by atoms with Gasteiger partial charge in [-0.1, -0.05) is 25.0 Å². The van der Waals surface area contributed by atoms with Crippen molar-refractivity contribution in [2.45, 2.75) is 38.5 Å². The fourth-order valence-electron chi connectivity index (χ4n) is 2.61. The van der Waals surface area contributed by atoms with Crippen LogP contribution >= 0.6 is 0 Å². The summed E-state index contributed by atoms with van der Waals surface area (Å²) in [5.41, 5.74) is 0.328. The SMILES string of the molecule is O=C(CCCCCCC(=O)Nc1cccc(O)c1O)Nc1cccc(O)c1O. The van der Waals surface area contributed by atoms with Gasteiger partial charge in [0.15, 0.2) is 23.0 Å². The van der Waals surface area contributed by atoms with Crippen LogP contribution in [0, 0.1) is 0 Å². The molecule has 0 spiro atoms. The van der Waals surface area contributed by atoms with Crippen molar-refractivity contribution in [1.82, 2.24) is 0 Å². The summed E-state index contributed by atoms with van der Waals surface area (Å²) in [6.07, 6.45) is 3.28. The first kappa shape index (κ1) is 20.9. The van der Waals surface area contributed by atoms with E-state index in [4.69, 9.17) is 0 Å². The quantitative estimate of drug-likeness (QED) is 0.287. The molecule has 0 radical (unpaired) electrons. The second-order valence-corrected chi connectivity index (χ2v) is 6.36. The van der Waals surface area contributed by atoms with Crippen molar-refractivity contribution in [3.63, 3.8) is 0 Å². The van der Waals surface area contributed by atoms with Crippen molar-refractivity contribution >= 4 is 23.2 Å². The monoisotopic (exact) mass is 388 g/mol. The molecular formula is C20H24N2O6. The fraction of sp³-hybridized carbons (Fsp3) is 0.300. The highest BCUT2D eigenvalue weighted by atomic mass is 16.3. The molecule has 0 aliphatic rings. The number of benzene rings is 2. The van der Waals surface area contributed by atoms with E-state index in [0.29, 0.717) is 12.8 Å². The molecule has 0 saturated heterocycles. The minimum atomic E-state index is -0.361. The predicted molar refractivity (Wildman–Crippen MR) is 105 cm³/mol. The van der Waals surface area contributed by atoms with Gasteiger partial charge in [0, 0.05) is 12.8 Å². The summed E-state index contributed by atoms with van der Waals surface area (Å²) < 4.78 is 0. The average Bonchev–Trinajstić information content (AvgIpc) is 2.65. The highest BCUT2D eigenvalue weighted by Gasteiger charge is 2.10. The molecule has 8 nitrogen and oxygen atoms in total. The molecule has 0 aromatic heterocycles. The molecule has 0 aliphatic heterocycles. The molecule has 0 bridgehead atoms. The van der Waals surface area contributed by atoms with E-state index in [1.54, 1.807) is 0 Å². The van der Waals surface area contributed by atoms with Gasteiger partial charge >= 0.3 is 0 Å². The van der Waals surface area contributed by atoms with Gasteiger partial charge in [0.05, 0.1) is 11.4 Å². The summed E-state index contributed by atoms with van der Waals surface area (Å²) in [5.74, 6) is -1.85. The van der Waals surface area contributed by atoms with Crippen LogP contribution in [-0.2, 0) is 9.59 Å². The summed E-state index contributed by atoms with van der Waals surface area (Å²) >= 11 is 0. The van der Waals surface area contributed by atoms with Crippen molar-refractivity contribution in [2.75, 3.05) is 10.6 Å². The number of carbonyl (C=O) groups is 2. The van der Waals surface area contributed by atoms with Gasteiger partial charge in [0.1, 0.15) is 0 Å². The minimum absolute atomic E-state index is 0.164. The van der Waals surface area contributed by atoms with E-state index in [1.807, 2.05) is 0 Å². The molecule has 0 atom stereocenters. The highest BCUT2D eigenvalue weighted by Crippen LogP contribution is 2.33. The second-order valence-electron chi connectivity index (χ2n) is 6.36. The Hall–Kier alpha value is -3.42. The predicted octanol–water partition coefficient (Wildman–Crippen LogP) is 3.43. The van der Waals surface area contributed by atoms with Crippen molar-refractivity contribution in [3.8, 4) is 23.0 Å². The zero-order valence-corrected chi connectivity index (χ0v) is 15.3. The number of nitrogens with one attached hydrogen (secondary N) is 2. The lowest BCUT2D eigenvalue weighted by atomic mass is 10.1. The number of para-hydroxylation sites is 2. The van der Waals surface area contributed by atoms with Gasteiger partial charge in [-0.2, -0.15) is 0 Å². The second kappa shape index (κ2) is 10.1. The summed E-state index contributed by atoms with van der Waals surface area (Å²) in [5, 5.41) is 43.2. The van der Waals surface area contributed by atoms with Crippen LogP contribution in [0.5, 0.6) is 23.0 Å². The number of hydrogen-bond donors (Lipinski definition) is 6. The summed E-state index contributed by atoms with van der Waals surface area (Å²) in [6.45, 7) is 0. The Morgan fingerprint density at radius 1 is 0.643 bits per heavy atom. The molecule has 2 amide bonds. The zero-order chi connectivity index (χ0) is 20.5. The molecule has 0 fully saturated rings. The van der Waals surface area contributed by atoms with Gasteiger partial charge in [-0.05, 0) is 37.1 Å². The van der Waals surface area contributed by atoms with Crippen LogP contribution in [0.2, 0.25) is 0 Å².